The van der Waals surface area contributed by atoms with Crippen LogP contribution in [-0.2, 0) is 19.5 Å². The normalized spacial score (nSPS) is 18.2. The Morgan fingerprint density at radius 1 is 0.679 bits per heavy atom. The number of hydrogen-bond acceptors (Lipinski definition) is 1. The van der Waals surface area contributed by atoms with Gasteiger partial charge in [0.1, 0.15) is 19.3 Å². The first-order chi connectivity index (χ1) is 13.8. The van der Waals surface area contributed by atoms with Crippen LogP contribution in [0.4, 0.5) is 0 Å². The second-order valence-electron chi connectivity index (χ2n) is 8.08. The fourth-order valence-corrected chi connectivity index (χ4v) is 4.65. The summed E-state index contributed by atoms with van der Waals surface area (Å²) in [6.45, 7) is 4.49. The summed E-state index contributed by atoms with van der Waals surface area (Å²) in [7, 11) is 0. The summed E-state index contributed by atoms with van der Waals surface area (Å²) in [5, 5.41) is 3.85. The molecule has 1 N–H and O–H groups in total. The Kier molecular flexibility index (Phi) is 6.20. The molecule has 2 heteroatoms. The van der Waals surface area contributed by atoms with E-state index in [1.54, 1.807) is 0 Å². The predicted molar refractivity (Wildman–Crippen MR) is 117 cm³/mol. The van der Waals surface area contributed by atoms with E-state index in [1.165, 1.54) is 36.1 Å². The summed E-state index contributed by atoms with van der Waals surface area (Å²) in [6.07, 6.45) is 4.12. The molecule has 1 aliphatic heterocycles. The van der Waals surface area contributed by atoms with E-state index in [-0.39, 0.29) is 0 Å². The smallest absolute Gasteiger partial charge is 0.143 e. The fraction of sp³-hybridized carbons (Fsp3) is 0.308. The number of aryl methyl sites for hydroxylation is 1. The van der Waals surface area contributed by atoms with Crippen LogP contribution in [0.15, 0.2) is 91.0 Å². The Morgan fingerprint density at radius 3 is 1.71 bits per heavy atom. The average molecular weight is 372 g/mol. The van der Waals surface area contributed by atoms with Gasteiger partial charge < -0.3 is 4.48 Å². The maximum atomic E-state index is 3.85. The minimum atomic E-state index is 0.518. The van der Waals surface area contributed by atoms with Crippen LogP contribution in [0.25, 0.3) is 0 Å². The van der Waals surface area contributed by atoms with Gasteiger partial charge in [0, 0.05) is 17.5 Å². The van der Waals surface area contributed by atoms with Gasteiger partial charge in [0.05, 0.1) is 13.1 Å². The third-order valence-corrected chi connectivity index (χ3v) is 6.06. The molecule has 1 heterocycles. The highest BCUT2D eigenvalue weighted by atomic mass is 15.5. The van der Waals surface area contributed by atoms with Crippen LogP contribution in [0, 0.1) is 0 Å². The van der Waals surface area contributed by atoms with Crippen molar-refractivity contribution in [2.24, 2.45) is 0 Å². The van der Waals surface area contributed by atoms with E-state index in [0.717, 1.165) is 30.5 Å². The minimum absolute atomic E-state index is 0.518. The first-order valence-corrected chi connectivity index (χ1v) is 10.6. The lowest BCUT2D eigenvalue weighted by molar-refractivity contribution is -0.965. The molecule has 2 nitrogen and oxygen atoms in total. The van der Waals surface area contributed by atoms with Crippen LogP contribution in [0.1, 0.15) is 29.5 Å². The Morgan fingerprint density at radius 2 is 1.18 bits per heavy atom. The van der Waals surface area contributed by atoms with Crippen LogP contribution in [-0.4, -0.2) is 23.7 Å². The van der Waals surface area contributed by atoms with Gasteiger partial charge in [-0.25, -0.2) is 0 Å². The molecule has 1 fully saturated rings. The van der Waals surface area contributed by atoms with E-state index in [0.29, 0.717) is 6.17 Å². The van der Waals surface area contributed by atoms with Crippen LogP contribution >= 0.6 is 0 Å². The van der Waals surface area contributed by atoms with Gasteiger partial charge in [-0.15, -0.1) is 0 Å². The monoisotopic (exact) mass is 371 g/mol. The molecule has 0 radical (unpaired) electrons. The zero-order valence-electron chi connectivity index (χ0n) is 16.6. The molecule has 0 aliphatic carbocycles. The van der Waals surface area contributed by atoms with E-state index < -0.39 is 0 Å². The van der Waals surface area contributed by atoms with Gasteiger partial charge in [-0.2, -0.15) is 0 Å². The molecular weight excluding hydrogens is 340 g/mol. The molecule has 0 amide bonds. The highest BCUT2D eigenvalue weighted by Gasteiger charge is 2.41. The summed E-state index contributed by atoms with van der Waals surface area (Å²) < 4.78 is 1.11. The van der Waals surface area contributed by atoms with Crippen molar-refractivity contribution >= 4 is 0 Å². The second kappa shape index (κ2) is 9.18. The molecular formula is C26H31N2+. The standard InChI is InChI=1S/C26H31N2/c1-4-11-23(12-5-1)17-10-18-26-27-19-20-28(26,21-24-13-6-2-7-14-24)22-25-15-8-3-9-16-25/h1-9,11-16,26-27H,10,17-22H2/q+1. The predicted octanol–water partition coefficient (Wildman–Crippen LogP) is 5.16. The SMILES string of the molecule is c1ccc(CCCC2NCC[N+]2(Cc2ccccc2)Cc2ccccc2)cc1. The van der Waals surface area contributed by atoms with E-state index >= 15 is 0 Å². The first-order valence-electron chi connectivity index (χ1n) is 10.6. The molecule has 3 aromatic rings. The van der Waals surface area contributed by atoms with E-state index in [4.69, 9.17) is 0 Å². The van der Waals surface area contributed by atoms with Gasteiger partial charge in [0.15, 0.2) is 0 Å². The van der Waals surface area contributed by atoms with Crippen LogP contribution in [0.3, 0.4) is 0 Å². The molecule has 1 atom stereocenters. The summed E-state index contributed by atoms with van der Waals surface area (Å²) in [5.41, 5.74) is 4.33. The molecule has 0 saturated carbocycles. The van der Waals surface area contributed by atoms with Crippen molar-refractivity contribution in [3.8, 4) is 0 Å². The van der Waals surface area contributed by atoms with Crippen molar-refractivity contribution in [1.82, 2.24) is 5.32 Å². The highest BCUT2D eigenvalue weighted by Crippen LogP contribution is 2.28. The van der Waals surface area contributed by atoms with Crippen molar-refractivity contribution in [3.63, 3.8) is 0 Å². The lowest BCUT2D eigenvalue weighted by atomic mass is 10.0. The minimum Gasteiger partial charge on any atom is -0.300 e. The lowest BCUT2D eigenvalue weighted by Gasteiger charge is -2.40. The van der Waals surface area contributed by atoms with Gasteiger partial charge in [-0.1, -0.05) is 91.0 Å². The number of nitrogens with zero attached hydrogens (tertiary/aromatic N) is 1. The number of nitrogens with one attached hydrogen (secondary N) is 1. The number of quaternary nitrogens is 1. The van der Waals surface area contributed by atoms with E-state index in [2.05, 4.69) is 96.3 Å². The molecule has 144 valence electrons. The van der Waals surface area contributed by atoms with Crippen molar-refractivity contribution in [2.45, 2.75) is 38.5 Å². The van der Waals surface area contributed by atoms with Gasteiger partial charge in [-0.05, 0) is 18.4 Å². The molecule has 0 spiro atoms. The largest absolute Gasteiger partial charge is 0.300 e. The molecule has 28 heavy (non-hydrogen) atoms. The van der Waals surface area contributed by atoms with Crippen molar-refractivity contribution < 1.29 is 4.48 Å². The number of hydrogen-bond donors (Lipinski definition) is 1. The summed E-state index contributed by atoms with van der Waals surface area (Å²) in [6, 6.07) is 32.9. The molecule has 1 unspecified atom stereocenters. The van der Waals surface area contributed by atoms with Crippen molar-refractivity contribution in [1.29, 1.82) is 0 Å². The molecule has 1 saturated heterocycles. The molecule has 1 aliphatic rings. The molecule has 0 bridgehead atoms. The Balaban J connectivity index is 1.50. The summed E-state index contributed by atoms with van der Waals surface area (Å²) in [4.78, 5) is 0. The average Bonchev–Trinajstić information content (AvgIpc) is 3.12. The topological polar surface area (TPSA) is 12.0 Å². The van der Waals surface area contributed by atoms with Crippen LogP contribution in [0.5, 0.6) is 0 Å². The number of benzene rings is 3. The van der Waals surface area contributed by atoms with Gasteiger partial charge in [0.2, 0.25) is 0 Å². The Labute approximate surface area is 169 Å². The zero-order valence-corrected chi connectivity index (χ0v) is 16.6. The van der Waals surface area contributed by atoms with Crippen LogP contribution in [0.2, 0.25) is 0 Å². The lowest BCUT2D eigenvalue weighted by Crippen LogP contribution is -2.53. The quantitative estimate of drug-likeness (QED) is 0.540. The van der Waals surface area contributed by atoms with Gasteiger partial charge >= 0.3 is 0 Å². The fourth-order valence-electron chi connectivity index (χ4n) is 4.65. The summed E-state index contributed by atoms with van der Waals surface area (Å²) >= 11 is 0. The first kappa shape index (κ1) is 18.9. The molecule has 0 aromatic heterocycles. The molecule has 3 aromatic carbocycles. The number of rotatable bonds is 8. The zero-order chi connectivity index (χ0) is 19.1. The highest BCUT2D eigenvalue weighted by molar-refractivity contribution is 5.16. The Hall–Kier alpha value is -2.42. The van der Waals surface area contributed by atoms with Gasteiger partial charge in [-0.3, -0.25) is 5.32 Å². The van der Waals surface area contributed by atoms with Crippen LogP contribution < -0.4 is 5.32 Å². The van der Waals surface area contributed by atoms with E-state index in [1.807, 2.05) is 0 Å². The summed E-state index contributed by atoms with van der Waals surface area (Å²) in [5.74, 6) is 0. The maximum Gasteiger partial charge on any atom is 0.143 e. The third-order valence-electron chi connectivity index (χ3n) is 6.06. The second-order valence-corrected chi connectivity index (χ2v) is 8.08. The Bertz CT molecular complexity index is 789. The van der Waals surface area contributed by atoms with Crippen molar-refractivity contribution in [3.05, 3.63) is 108 Å². The van der Waals surface area contributed by atoms with E-state index in [9.17, 15) is 0 Å². The maximum absolute atomic E-state index is 3.85. The van der Waals surface area contributed by atoms with Gasteiger partial charge in [0.25, 0.3) is 0 Å². The molecule has 4 rings (SSSR count). The van der Waals surface area contributed by atoms with Crippen molar-refractivity contribution in [2.75, 3.05) is 13.1 Å². The third kappa shape index (κ3) is 4.70.